The summed E-state index contributed by atoms with van der Waals surface area (Å²) in [7, 11) is -3.31. The number of amides is 1. The minimum Gasteiger partial charge on any atom is -0.350 e. The van der Waals surface area contributed by atoms with E-state index in [0.717, 1.165) is 9.83 Å². The molecule has 0 aliphatic heterocycles. The fraction of sp³-hybridized carbons (Fsp3) is 0.417. The summed E-state index contributed by atoms with van der Waals surface area (Å²) in [6.45, 7) is 3.64. The molecule has 0 bridgehead atoms. The van der Waals surface area contributed by atoms with Gasteiger partial charge in [0.15, 0.2) is 0 Å². The topological polar surface area (TPSA) is 75.3 Å². The minimum absolute atomic E-state index is 0.212. The lowest BCUT2D eigenvalue weighted by atomic mass is 10.1. The van der Waals surface area contributed by atoms with Gasteiger partial charge in [-0.05, 0) is 48.6 Å². The van der Waals surface area contributed by atoms with Crippen molar-refractivity contribution in [2.75, 3.05) is 12.8 Å². The highest BCUT2D eigenvalue weighted by Crippen LogP contribution is 2.11. The molecular formula is C12H17IN2O3S. The van der Waals surface area contributed by atoms with Crippen molar-refractivity contribution in [3.05, 3.63) is 33.4 Å². The average molecular weight is 396 g/mol. The Labute approximate surface area is 127 Å². The van der Waals surface area contributed by atoms with E-state index >= 15 is 0 Å². The Balaban J connectivity index is 2.67. The fourth-order valence-electron chi connectivity index (χ4n) is 1.58. The van der Waals surface area contributed by atoms with Gasteiger partial charge in [-0.15, -0.1) is 0 Å². The maximum Gasteiger partial charge on any atom is 0.252 e. The first-order chi connectivity index (χ1) is 8.61. The number of hydrogen-bond acceptors (Lipinski definition) is 3. The number of hydrogen-bond donors (Lipinski definition) is 2. The molecule has 7 heteroatoms. The third-order valence-electron chi connectivity index (χ3n) is 2.27. The van der Waals surface area contributed by atoms with Gasteiger partial charge in [0.05, 0.1) is 11.8 Å². The summed E-state index contributed by atoms with van der Waals surface area (Å²) in [6.07, 6.45) is 1.09. The Morgan fingerprint density at radius 2 is 1.89 bits per heavy atom. The minimum atomic E-state index is -3.31. The maximum atomic E-state index is 12.0. The molecule has 0 aliphatic carbocycles. The van der Waals surface area contributed by atoms with Crippen molar-refractivity contribution in [2.24, 2.45) is 0 Å². The van der Waals surface area contributed by atoms with Gasteiger partial charge in [-0.25, -0.2) is 13.1 Å². The van der Waals surface area contributed by atoms with Gasteiger partial charge in [-0.1, -0.05) is 12.1 Å². The van der Waals surface area contributed by atoms with E-state index < -0.39 is 15.6 Å². The molecule has 0 aromatic heterocycles. The van der Waals surface area contributed by atoms with Crippen LogP contribution in [0.25, 0.3) is 0 Å². The van der Waals surface area contributed by atoms with Crippen LogP contribution in [0.1, 0.15) is 24.2 Å². The van der Waals surface area contributed by atoms with E-state index in [-0.39, 0.29) is 12.5 Å². The quantitative estimate of drug-likeness (QED) is 0.738. The molecule has 0 saturated carbocycles. The first kappa shape index (κ1) is 16.4. The van der Waals surface area contributed by atoms with Crippen molar-refractivity contribution >= 4 is 38.5 Å². The van der Waals surface area contributed by atoms with Gasteiger partial charge in [-0.2, -0.15) is 0 Å². The second kappa shape index (κ2) is 6.19. The Bertz CT molecular complexity index is 570. The lowest BCUT2D eigenvalue weighted by Gasteiger charge is -2.25. The average Bonchev–Trinajstić information content (AvgIpc) is 2.23. The molecule has 0 heterocycles. The van der Waals surface area contributed by atoms with E-state index in [1.165, 1.54) is 0 Å². The number of halogens is 1. The van der Waals surface area contributed by atoms with Crippen LogP contribution in [0.2, 0.25) is 0 Å². The number of carbonyl (C=O) groups excluding carboxylic acids is 1. The van der Waals surface area contributed by atoms with E-state index in [1.807, 2.05) is 12.1 Å². The van der Waals surface area contributed by atoms with Gasteiger partial charge in [0.25, 0.3) is 5.91 Å². The molecule has 1 amide bonds. The van der Waals surface area contributed by atoms with Crippen molar-refractivity contribution in [1.82, 2.24) is 10.0 Å². The summed E-state index contributed by atoms with van der Waals surface area (Å²) in [6, 6.07) is 7.22. The van der Waals surface area contributed by atoms with Crippen LogP contribution in [0.3, 0.4) is 0 Å². The van der Waals surface area contributed by atoms with Gasteiger partial charge < -0.3 is 5.32 Å². The molecule has 1 aromatic carbocycles. The highest BCUT2D eigenvalue weighted by molar-refractivity contribution is 14.1. The second-order valence-electron chi connectivity index (χ2n) is 4.92. The molecule has 0 radical (unpaired) electrons. The smallest absolute Gasteiger partial charge is 0.252 e. The fourth-order valence-corrected chi connectivity index (χ4v) is 3.29. The summed E-state index contributed by atoms with van der Waals surface area (Å²) in [4.78, 5) is 12.0. The molecular weight excluding hydrogens is 379 g/mol. The number of benzene rings is 1. The molecule has 0 atom stereocenters. The van der Waals surface area contributed by atoms with Crippen LogP contribution in [0.4, 0.5) is 0 Å². The first-order valence-corrected chi connectivity index (χ1v) is 8.59. The zero-order valence-electron chi connectivity index (χ0n) is 11.0. The van der Waals surface area contributed by atoms with Crippen molar-refractivity contribution in [3.63, 3.8) is 0 Å². The van der Waals surface area contributed by atoms with E-state index in [1.54, 1.807) is 26.0 Å². The molecule has 0 unspecified atom stereocenters. The van der Waals surface area contributed by atoms with Crippen molar-refractivity contribution in [2.45, 2.75) is 19.4 Å². The number of sulfonamides is 1. The summed E-state index contributed by atoms with van der Waals surface area (Å²) >= 11 is 2.09. The molecule has 0 spiro atoms. The molecule has 106 valence electrons. The van der Waals surface area contributed by atoms with E-state index in [2.05, 4.69) is 32.6 Å². The van der Waals surface area contributed by atoms with Crippen LogP contribution in [-0.2, 0) is 10.0 Å². The third-order valence-corrected chi connectivity index (χ3v) is 4.14. The molecule has 2 N–H and O–H groups in total. The van der Waals surface area contributed by atoms with Gasteiger partial charge in [0, 0.05) is 15.7 Å². The zero-order valence-corrected chi connectivity index (χ0v) is 14.0. The van der Waals surface area contributed by atoms with Crippen LogP contribution < -0.4 is 10.0 Å². The summed E-state index contributed by atoms with van der Waals surface area (Å²) in [5, 5.41) is 2.73. The molecule has 1 rings (SSSR count). The second-order valence-corrected chi connectivity index (χ2v) is 7.83. The Morgan fingerprint density at radius 3 is 2.42 bits per heavy atom. The van der Waals surface area contributed by atoms with Crippen molar-refractivity contribution in [1.29, 1.82) is 0 Å². The standard InChI is InChI=1S/C12H17IN2O3S/c1-12(2,15-19(3,17)18)8-14-11(16)9-6-4-5-7-10(9)13/h4-7,15H,8H2,1-3H3,(H,14,16). The molecule has 0 aliphatic rings. The normalized spacial score (nSPS) is 12.2. The van der Waals surface area contributed by atoms with Crippen molar-refractivity contribution in [3.8, 4) is 0 Å². The molecule has 0 fully saturated rings. The summed E-state index contributed by atoms with van der Waals surface area (Å²) < 4.78 is 25.7. The van der Waals surface area contributed by atoms with Crippen LogP contribution >= 0.6 is 22.6 Å². The third kappa shape index (κ3) is 5.87. The zero-order chi connectivity index (χ0) is 14.7. The Morgan fingerprint density at radius 1 is 1.32 bits per heavy atom. The Hall–Kier alpha value is -0.670. The molecule has 19 heavy (non-hydrogen) atoms. The van der Waals surface area contributed by atoms with Crippen LogP contribution in [0, 0.1) is 3.57 Å². The molecule has 1 aromatic rings. The van der Waals surface area contributed by atoms with Gasteiger partial charge in [0.1, 0.15) is 0 Å². The van der Waals surface area contributed by atoms with Crippen LogP contribution in [0.5, 0.6) is 0 Å². The molecule has 0 saturated heterocycles. The number of nitrogens with one attached hydrogen (secondary N) is 2. The van der Waals surface area contributed by atoms with E-state index in [4.69, 9.17) is 0 Å². The number of carbonyl (C=O) groups is 1. The summed E-state index contributed by atoms with van der Waals surface area (Å²) in [5.41, 5.74) is -0.151. The maximum absolute atomic E-state index is 12.0. The number of rotatable bonds is 5. The SMILES string of the molecule is CC(C)(CNC(=O)c1ccccc1I)NS(C)(=O)=O. The predicted octanol–water partition coefficient (Wildman–Crippen LogP) is 1.35. The monoisotopic (exact) mass is 396 g/mol. The first-order valence-electron chi connectivity index (χ1n) is 5.62. The largest absolute Gasteiger partial charge is 0.350 e. The van der Waals surface area contributed by atoms with Gasteiger partial charge in [0.2, 0.25) is 10.0 Å². The lowest BCUT2D eigenvalue weighted by Crippen LogP contribution is -2.51. The highest BCUT2D eigenvalue weighted by atomic mass is 127. The summed E-state index contributed by atoms with van der Waals surface area (Å²) in [5.74, 6) is -0.214. The van der Waals surface area contributed by atoms with Crippen LogP contribution in [0.15, 0.2) is 24.3 Å². The lowest BCUT2D eigenvalue weighted by molar-refractivity contribution is 0.0943. The van der Waals surface area contributed by atoms with Crippen molar-refractivity contribution < 1.29 is 13.2 Å². The predicted molar refractivity (Wildman–Crippen MR) is 83.6 cm³/mol. The van der Waals surface area contributed by atoms with Gasteiger partial charge >= 0.3 is 0 Å². The van der Waals surface area contributed by atoms with E-state index in [9.17, 15) is 13.2 Å². The highest BCUT2D eigenvalue weighted by Gasteiger charge is 2.23. The van der Waals surface area contributed by atoms with E-state index in [0.29, 0.717) is 5.56 Å². The Kier molecular flexibility index (Phi) is 5.34. The van der Waals surface area contributed by atoms with Gasteiger partial charge in [-0.3, -0.25) is 4.79 Å². The van der Waals surface area contributed by atoms with Crippen LogP contribution in [-0.4, -0.2) is 32.7 Å². The molecule has 5 nitrogen and oxygen atoms in total.